The van der Waals surface area contributed by atoms with Gasteiger partial charge in [0.15, 0.2) is 9.84 Å². The lowest BCUT2D eigenvalue weighted by molar-refractivity contribution is -0.121. The fourth-order valence-electron chi connectivity index (χ4n) is 2.48. The summed E-state index contributed by atoms with van der Waals surface area (Å²) in [4.78, 5) is 26.3. The molecule has 7 heteroatoms. The van der Waals surface area contributed by atoms with Gasteiger partial charge in [-0.25, -0.2) is 8.42 Å². The van der Waals surface area contributed by atoms with Crippen LogP contribution < -0.4 is 5.32 Å². The molecule has 0 unspecified atom stereocenters. The minimum Gasteiger partial charge on any atom is -0.355 e. The number of hydrogen-bond donors (Lipinski definition) is 1. The number of carbonyl (C=O) groups excluding carboxylic acids is 2. The van der Waals surface area contributed by atoms with Gasteiger partial charge < -0.3 is 10.2 Å². The molecule has 0 atom stereocenters. The zero-order valence-corrected chi connectivity index (χ0v) is 16.1. The summed E-state index contributed by atoms with van der Waals surface area (Å²) in [5.74, 6) is -0.677. The number of benzene rings is 1. The Hall–Kier alpha value is -1.89. The normalized spacial score (nSPS) is 11.2. The summed E-state index contributed by atoms with van der Waals surface area (Å²) in [6.07, 6.45) is 1.96. The molecule has 25 heavy (non-hydrogen) atoms. The zero-order chi connectivity index (χ0) is 18.9. The number of hydrogen-bond acceptors (Lipinski definition) is 4. The maximum absolute atomic E-state index is 12.9. The Morgan fingerprint density at radius 2 is 1.72 bits per heavy atom. The van der Waals surface area contributed by atoms with Crippen molar-refractivity contribution in [2.75, 3.05) is 25.4 Å². The van der Waals surface area contributed by atoms with Gasteiger partial charge in [0.1, 0.15) is 0 Å². The van der Waals surface area contributed by atoms with E-state index in [9.17, 15) is 18.0 Å². The van der Waals surface area contributed by atoms with Gasteiger partial charge in [0.2, 0.25) is 5.91 Å². The number of sulfone groups is 1. The molecule has 140 valence electrons. The second kappa shape index (κ2) is 10.2. The van der Waals surface area contributed by atoms with Gasteiger partial charge in [-0.1, -0.05) is 32.9 Å². The molecule has 0 radical (unpaired) electrons. The van der Waals surface area contributed by atoms with E-state index in [1.54, 1.807) is 19.1 Å². The molecule has 0 spiro atoms. The number of nitrogens with one attached hydrogen (secondary N) is 1. The van der Waals surface area contributed by atoms with Crippen molar-refractivity contribution in [3.63, 3.8) is 0 Å². The van der Waals surface area contributed by atoms with Crippen molar-refractivity contribution >= 4 is 21.7 Å². The summed E-state index contributed by atoms with van der Waals surface area (Å²) in [6, 6.07) is 6.22. The lowest BCUT2D eigenvalue weighted by Gasteiger charge is -2.23. The molecule has 0 heterocycles. The van der Waals surface area contributed by atoms with Crippen molar-refractivity contribution in [2.45, 2.75) is 44.9 Å². The van der Waals surface area contributed by atoms with Crippen molar-refractivity contribution in [3.8, 4) is 0 Å². The molecule has 0 aliphatic carbocycles. The number of carbonyl (C=O) groups is 2. The summed E-state index contributed by atoms with van der Waals surface area (Å²) >= 11 is 0. The van der Waals surface area contributed by atoms with Crippen LogP contribution in [-0.2, 0) is 14.6 Å². The summed E-state index contributed by atoms with van der Waals surface area (Å²) in [7, 11) is -3.53. The Morgan fingerprint density at radius 1 is 1.04 bits per heavy atom. The second-order valence-corrected chi connectivity index (χ2v) is 7.97. The van der Waals surface area contributed by atoms with Crippen LogP contribution in [-0.4, -0.2) is 50.5 Å². The second-order valence-electron chi connectivity index (χ2n) is 5.89. The Bertz CT molecular complexity index is 686. The third kappa shape index (κ3) is 6.16. The fourth-order valence-corrected chi connectivity index (χ4v) is 4.01. The number of rotatable bonds is 10. The predicted octanol–water partition coefficient (Wildman–Crippen LogP) is 2.25. The van der Waals surface area contributed by atoms with Crippen LogP contribution in [0.5, 0.6) is 0 Å². The summed E-state index contributed by atoms with van der Waals surface area (Å²) in [6.45, 7) is 6.50. The molecule has 0 saturated carbocycles. The predicted molar refractivity (Wildman–Crippen MR) is 98.3 cm³/mol. The van der Waals surface area contributed by atoms with Crippen LogP contribution in [0.4, 0.5) is 0 Å². The highest BCUT2D eigenvalue weighted by Crippen LogP contribution is 2.19. The van der Waals surface area contributed by atoms with Gasteiger partial charge in [0.05, 0.1) is 22.8 Å². The van der Waals surface area contributed by atoms with Crippen molar-refractivity contribution in [1.82, 2.24) is 10.2 Å². The third-order valence-electron chi connectivity index (χ3n) is 3.61. The van der Waals surface area contributed by atoms with Crippen molar-refractivity contribution < 1.29 is 18.0 Å². The van der Waals surface area contributed by atoms with Crippen LogP contribution in [0, 0.1) is 0 Å². The molecule has 0 bridgehead atoms. The molecular weight excluding hydrogens is 340 g/mol. The van der Waals surface area contributed by atoms with E-state index >= 15 is 0 Å². The van der Waals surface area contributed by atoms with E-state index in [-0.39, 0.29) is 28.7 Å². The quantitative estimate of drug-likeness (QED) is 0.686. The van der Waals surface area contributed by atoms with E-state index in [2.05, 4.69) is 5.32 Å². The van der Waals surface area contributed by atoms with Crippen LogP contribution >= 0.6 is 0 Å². The van der Waals surface area contributed by atoms with Crippen molar-refractivity contribution in [3.05, 3.63) is 29.8 Å². The van der Waals surface area contributed by atoms with Crippen molar-refractivity contribution in [1.29, 1.82) is 0 Å². The molecule has 0 fully saturated rings. The molecule has 1 aromatic carbocycles. The van der Waals surface area contributed by atoms with Gasteiger partial charge in [-0.15, -0.1) is 0 Å². The van der Waals surface area contributed by atoms with E-state index in [0.717, 1.165) is 6.42 Å². The number of nitrogens with zero attached hydrogens (tertiary/aromatic N) is 1. The standard InChI is InChI=1S/C18H28N2O4S/c1-4-11-19-17(21)14-20(12-5-2)18(22)15-9-7-8-10-16(15)25(23,24)13-6-3/h7-10H,4-6,11-14H2,1-3H3,(H,19,21). The Morgan fingerprint density at radius 3 is 2.32 bits per heavy atom. The lowest BCUT2D eigenvalue weighted by atomic mass is 10.2. The van der Waals surface area contributed by atoms with Gasteiger partial charge >= 0.3 is 0 Å². The first-order valence-electron chi connectivity index (χ1n) is 8.75. The first-order valence-corrected chi connectivity index (χ1v) is 10.4. The Labute approximate surface area is 150 Å². The van der Waals surface area contributed by atoms with Crippen LogP contribution in [0.1, 0.15) is 50.4 Å². The molecule has 0 aliphatic heterocycles. The van der Waals surface area contributed by atoms with Crippen molar-refractivity contribution in [2.24, 2.45) is 0 Å². The van der Waals surface area contributed by atoms with Gasteiger partial charge in [0, 0.05) is 13.1 Å². The molecule has 0 aromatic heterocycles. The third-order valence-corrected chi connectivity index (χ3v) is 5.58. The first kappa shape index (κ1) is 21.2. The summed E-state index contributed by atoms with van der Waals surface area (Å²) in [5, 5.41) is 2.74. The maximum atomic E-state index is 12.9. The highest BCUT2D eigenvalue weighted by Gasteiger charge is 2.25. The van der Waals surface area contributed by atoms with Gasteiger partial charge in [0.25, 0.3) is 5.91 Å². The van der Waals surface area contributed by atoms with Crippen LogP contribution in [0.25, 0.3) is 0 Å². The summed E-state index contributed by atoms with van der Waals surface area (Å²) < 4.78 is 24.9. The Balaban J connectivity index is 3.11. The molecule has 2 amide bonds. The molecular formula is C18H28N2O4S. The zero-order valence-electron chi connectivity index (χ0n) is 15.2. The molecule has 0 aliphatic rings. The molecule has 1 N–H and O–H groups in total. The minimum absolute atomic E-state index is 0.0118. The lowest BCUT2D eigenvalue weighted by Crippen LogP contribution is -2.41. The molecule has 1 rings (SSSR count). The average Bonchev–Trinajstić information content (AvgIpc) is 2.59. The number of amides is 2. The molecule has 1 aromatic rings. The van der Waals surface area contributed by atoms with Crippen LogP contribution in [0.3, 0.4) is 0 Å². The van der Waals surface area contributed by atoms with E-state index < -0.39 is 15.7 Å². The first-order chi connectivity index (χ1) is 11.9. The largest absolute Gasteiger partial charge is 0.355 e. The monoisotopic (exact) mass is 368 g/mol. The van der Waals surface area contributed by atoms with E-state index in [4.69, 9.17) is 0 Å². The molecule has 6 nitrogen and oxygen atoms in total. The highest BCUT2D eigenvalue weighted by molar-refractivity contribution is 7.91. The van der Waals surface area contributed by atoms with E-state index in [0.29, 0.717) is 25.9 Å². The average molecular weight is 368 g/mol. The van der Waals surface area contributed by atoms with Gasteiger partial charge in [-0.05, 0) is 31.4 Å². The SMILES string of the molecule is CCCNC(=O)CN(CCC)C(=O)c1ccccc1S(=O)(=O)CCC. The van der Waals surface area contributed by atoms with Crippen LogP contribution in [0.2, 0.25) is 0 Å². The smallest absolute Gasteiger partial charge is 0.255 e. The van der Waals surface area contributed by atoms with Crippen LogP contribution in [0.15, 0.2) is 29.2 Å². The Kier molecular flexibility index (Phi) is 8.61. The van der Waals surface area contributed by atoms with Gasteiger partial charge in [-0.2, -0.15) is 0 Å². The molecule has 0 saturated heterocycles. The summed E-state index contributed by atoms with van der Waals surface area (Å²) in [5.41, 5.74) is 0.132. The highest BCUT2D eigenvalue weighted by atomic mass is 32.2. The topological polar surface area (TPSA) is 83.6 Å². The fraction of sp³-hybridized carbons (Fsp3) is 0.556. The maximum Gasteiger partial charge on any atom is 0.255 e. The minimum atomic E-state index is -3.53. The van der Waals surface area contributed by atoms with E-state index in [1.807, 2.05) is 13.8 Å². The van der Waals surface area contributed by atoms with Gasteiger partial charge in [-0.3, -0.25) is 9.59 Å². The van der Waals surface area contributed by atoms with E-state index in [1.165, 1.54) is 17.0 Å².